The Bertz CT molecular complexity index is 1270. The van der Waals surface area contributed by atoms with E-state index in [1.54, 1.807) is 25.5 Å². The third-order valence-electron chi connectivity index (χ3n) is 5.82. The summed E-state index contributed by atoms with van der Waals surface area (Å²) in [6.45, 7) is 11.5. The highest BCUT2D eigenvalue weighted by Crippen LogP contribution is 2.37. The Hall–Kier alpha value is -3.87. The summed E-state index contributed by atoms with van der Waals surface area (Å²) in [5.41, 5.74) is 7.45. The van der Waals surface area contributed by atoms with Crippen LogP contribution in [0.25, 0.3) is 16.9 Å². The number of aromatic nitrogens is 2. The first kappa shape index (κ1) is 23.3. The second-order valence-corrected chi connectivity index (χ2v) is 9.01. The van der Waals surface area contributed by atoms with Gasteiger partial charge in [-0.3, -0.25) is 0 Å². The zero-order chi connectivity index (χ0) is 24.6. The minimum absolute atomic E-state index is 0.292. The number of carbonyl (C=O) groups is 2. The van der Waals surface area contributed by atoms with Crippen molar-refractivity contribution in [2.45, 2.75) is 53.7 Å². The molecule has 1 atom stereocenters. The molecule has 34 heavy (non-hydrogen) atoms. The number of benzene rings is 2. The lowest BCUT2D eigenvalue weighted by Crippen LogP contribution is -2.45. The number of allylic oxidation sites excluding steroid dienone is 1. The Morgan fingerprint density at radius 2 is 1.71 bits per heavy atom. The lowest BCUT2D eigenvalue weighted by molar-refractivity contribution is -0.143. The van der Waals surface area contributed by atoms with Crippen LogP contribution in [-0.4, -0.2) is 27.9 Å². The second-order valence-electron chi connectivity index (χ2n) is 9.01. The standard InChI is InChI=1S/C27H30N4O3/c1-15(2)34-26(32)23-19(6)28-27(33)29-24(23)21-14-31(20-10-8-7-9-11-20)30-25(21)22-17(4)12-16(3)13-18(22)5/h7-15,24H,1-6H3,(H2,28,29,33)/t24-/m1/s1. The SMILES string of the molecule is CC1=C(C(=O)OC(C)C)[C@@H](c2cn(-c3ccccc3)nc2-c2c(C)cc(C)cc2C)NC(=O)N1. The summed E-state index contributed by atoms with van der Waals surface area (Å²) in [6.07, 6.45) is 1.59. The Morgan fingerprint density at radius 1 is 1.06 bits per heavy atom. The van der Waals surface area contributed by atoms with E-state index in [4.69, 9.17) is 9.84 Å². The average molecular weight is 459 g/mol. The fourth-order valence-electron chi connectivity index (χ4n) is 4.53. The van der Waals surface area contributed by atoms with E-state index in [2.05, 4.69) is 43.5 Å². The molecule has 176 valence electrons. The normalized spacial score (nSPS) is 15.9. The molecule has 0 fully saturated rings. The van der Waals surface area contributed by atoms with E-state index in [9.17, 15) is 9.59 Å². The third-order valence-corrected chi connectivity index (χ3v) is 5.82. The van der Waals surface area contributed by atoms with Crippen LogP contribution in [0.5, 0.6) is 0 Å². The number of rotatable bonds is 5. The maximum Gasteiger partial charge on any atom is 0.338 e. The van der Waals surface area contributed by atoms with E-state index >= 15 is 0 Å². The first-order chi connectivity index (χ1) is 16.2. The number of hydrogen-bond donors (Lipinski definition) is 2. The smallest absolute Gasteiger partial charge is 0.338 e. The molecule has 0 bridgehead atoms. The van der Waals surface area contributed by atoms with Gasteiger partial charge in [-0.25, -0.2) is 14.3 Å². The molecule has 0 radical (unpaired) electrons. The molecule has 0 unspecified atom stereocenters. The van der Waals surface area contributed by atoms with E-state index in [0.717, 1.165) is 33.5 Å². The van der Waals surface area contributed by atoms with Crippen molar-refractivity contribution in [3.05, 3.63) is 82.2 Å². The van der Waals surface area contributed by atoms with Crippen LogP contribution >= 0.6 is 0 Å². The first-order valence-electron chi connectivity index (χ1n) is 11.4. The molecule has 3 aromatic rings. The van der Waals surface area contributed by atoms with Crippen molar-refractivity contribution in [3.63, 3.8) is 0 Å². The Balaban J connectivity index is 1.96. The van der Waals surface area contributed by atoms with Crippen LogP contribution < -0.4 is 10.6 Å². The summed E-state index contributed by atoms with van der Waals surface area (Å²) in [5.74, 6) is -0.472. The van der Waals surface area contributed by atoms with Gasteiger partial charge in [0.15, 0.2) is 0 Å². The molecule has 2 amide bonds. The van der Waals surface area contributed by atoms with Gasteiger partial charge in [0.1, 0.15) is 0 Å². The predicted octanol–water partition coefficient (Wildman–Crippen LogP) is 5.04. The molecule has 7 nitrogen and oxygen atoms in total. The lowest BCUT2D eigenvalue weighted by Gasteiger charge is -2.28. The zero-order valence-corrected chi connectivity index (χ0v) is 20.4. The van der Waals surface area contributed by atoms with Crippen molar-refractivity contribution in [2.75, 3.05) is 0 Å². The molecular weight excluding hydrogens is 428 g/mol. The number of hydrogen-bond acceptors (Lipinski definition) is 4. The van der Waals surface area contributed by atoms with Crippen LogP contribution in [0.2, 0.25) is 0 Å². The van der Waals surface area contributed by atoms with Gasteiger partial charge in [0.2, 0.25) is 0 Å². The molecule has 1 aliphatic rings. The summed E-state index contributed by atoms with van der Waals surface area (Å²) in [7, 11) is 0. The number of esters is 1. The number of amides is 2. The molecule has 0 saturated heterocycles. The Kier molecular flexibility index (Phi) is 6.28. The van der Waals surface area contributed by atoms with Gasteiger partial charge >= 0.3 is 12.0 Å². The number of ether oxygens (including phenoxy) is 1. The van der Waals surface area contributed by atoms with Gasteiger partial charge in [-0.1, -0.05) is 35.9 Å². The van der Waals surface area contributed by atoms with Crippen LogP contribution in [0, 0.1) is 20.8 Å². The topological polar surface area (TPSA) is 85.2 Å². The first-order valence-corrected chi connectivity index (χ1v) is 11.4. The van der Waals surface area contributed by atoms with Gasteiger partial charge in [-0.15, -0.1) is 0 Å². The number of nitrogens with one attached hydrogen (secondary N) is 2. The van der Waals surface area contributed by atoms with Gasteiger partial charge in [-0.2, -0.15) is 5.10 Å². The summed E-state index contributed by atoms with van der Waals surface area (Å²) in [4.78, 5) is 25.6. The largest absolute Gasteiger partial charge is 0.459 e. The fraction of sp³-hybridized carbons (Fsp3) is 0.296. The van der Waals surface area contributed by atoms with Crippen molar-refractivity contribution in [2.24, 2.45) is 0 Å². The maximum atomic E-state index is 13.1. The van der Waals surface area contributed by atoms with E-state index in [0.29, 0.717) is 17.0 Å². The van der Waals surface area contributed by atoms with Gasteiger partial charge in [0.05, 0.1) is 29.1 Å². The number of nitrogens with zero attached hydrogens (tertiary/aromatic N) is 2. The molecule has 2 heterocycles. The average Bonchev–Trinajstić information content (AvgIpc) is 3.17. The summed E-state index contributed by atoms with van der Waals surface area (Å²) >= 11 is 0. The molecule has 2 aromatic carbocycles. The number of aryl methyl sites for hydroxylation is 3. The van der Waals surface area contributed by atoms with Crippen LogP contribution in [0.4, 0.5) is 4.79 Å². The van der Waals surface area contributed by atoms with E-state index in [1.165, 1.54) is 0 Å². The molecule has 2 N–H and O–H groups in total. The Labute approximate surface area is 199 Å². The highest BCUT2D eigenvalue weighted by molar-refractivity contribution is 5.95. The van der Waals surface area contributed by atoms with Crippen molar-refractivity contribution >= 4 is 12.0 Å². The third kappa shape index (κ3) is 4.46. The quantitative estimate of drug-likeness (QED) is 0.524. The number of carbonyl (C=O) groups excluding carboxylic acids is 2. The summed E-state index contributed by atoms with van der Waals surface area (Å²) in [6, 6.07) is 12.9. The molecule has 1 aliphatic heterocycles. The van der Waals surface area contributed by atoms with Gasteiger partial charge in [-0.05, 0) is 64.8 Å². The van der Waals surface area contributed by atoms with Crippen molar-refractivity contribution < 1.29 is 14.3 Å². The molecule has 0 saturated carbocycles. The molecule has 7 heteroatoms. The van der Waals surface area contributed by atoms with Gasteiger partial charge < -0.3 is 15.4 Å². The monoisotopic (exact) mass is 458 g/mol. The molecule has 0 aliphatic carbocycles. The van der Waals surface area contributed by atoms with Crippen LogP contribution in [0.15, 0.2) is 59.9 Å². The molecule has 0 spiro atoms. The van der Waals surface area contributed by atoms with Crippen LogP contribution in [0.3, 0.4) is 0 Å². The number of urea groups is 1. The van der Waals surface area contributed by atoms with Gasteiger partial charge in [0.25, 0.3) is 0 Å². The van der Waals surface area contributed by atoms with Crippen LogP contribution in [0.1, 0.15) is 49.1 Å². The highest BCUT2D eigenvalue weighted by Gasteiger charge is 2.36. The number of para-hydroxylation sites is 1. The van der Waals surface area contributed by atoms with Crippen molar-refractivity contribution in [3.8, 4) is 16.9 Å². The fourth-order valence-corrected chi connectivity index (χ4v) is 4.53. The Morgan fingerprint density at radius 3 is 2.32 bits per heavy atom. The minimum Gasteiger partial charge on any atom is -0.459 e. The zero-order valence-electron chi connectivity index (χ0n) is 20.4. The summed E-state index contributed by atoms with van der Waals surface area (Å²) in [5, 5.41) is 10.6. The van der Waals surface area contributed by atoms with Crippen LogP contribution in [-0.2, 0) is 9.53 Å². The van der Waals surface area contributed by atoms with Crippen molar-refractivity contribution in [1.29, 1.82) is 0 Å². The van der Waals surface area contributed by atoms with Crippen molar-refractivity contribution in [1.82, 2.24) is 20.4 Å². The second kappa shape index (κ2) is 9.17. The lowest BCUT2D eigenvalue weighted by atomic mass is 9.90. The van der Waals surface area contributed by atoms with E-state index in [-0.39, 0.29) is 12.1 Å². The van der Waals surface area contributed by atoms with E-state index in [1.807, 2.05) is 36.5 Å². The molecule has 1 aromatic heterocycles. The van der Waals surface area contributed by atoms with E-state index < -0.39 is 12.0 Å². The maximum absolute atomic E-state index is 13.1. The highest BCUT2D eigenvalue weighted by atomic mass is 16.5. The minimum atomic E-state index is -0.715. The molecular formula is C27H30N4O3. The molecule has 4 rings (SSSR count). The van der Waals surface area contributed by atoms with Gasteiger partial charge in [0, 0.05) is 23.0 Å². The predicted molar refractivity (Wildman–Crippen MR) is 132 cm³/mol. The summed E-state index contributed by atoms with van der Waals surface area (Å²) < 4.78 is 7.32.